The summed E-state index contributed by atoms with van der Waals surface area (Å²) in [5, 5.41) is 0.123. The molecule has 3 rings (SSSR count). The van der Waals surface area contributed by atoms with Gasteiger partial charge in [-0.1, -0.05) is 6.92 Å². The van der Waals surface area contributed by atoms with Crippen LogP contribution in [-0.2, 0) is 25.9 Å². The fraction of sp³-hybridized carbons (Fsp3) is 0.769. The van der Waals surface area contributed by atoms with Crippen molar-refractivity contribution in [3.05, 3.63) is 12.0 Å². The third-order valence-corrected chi connectivity index (χ3v) is 5.78. The summed E-state index contributed by atoms with van der Waals surface area (Å²) in [4.78, 5) is 6.89. The number of hydrogen-bond acceptors (Lipinski definition) is 5. The molecule has 0 spiro atoms. The van der Waals surface area contributed by atoms with Gasteiger partial charge >= 0.3 is 0 Å². The van der Waals surface area contributed by atoms with Gasteiger partial charge < -0.3 is 14.5 Å². The van der Waals surface area contributed by atoms with Gasteiger partial charge in [-0.25, -0.2) is 18.1 Å². The van der Waals surface area contributed by atoms with Gasteiger partial charge in [-0.3, -0.25) is 0 Å². The van der Waals surface area contributed by atoms with Crippen molar-refractivity contribution in [1.29, 1.82) is 0 Å². The highest BCUT2D eigenvalue weighted by Gasteiger charge is 2.55. The maximum atomic E-state index is 12.4. The van der Waals surface area contributed by atoms with Crippen molar-refractivity contribution in [2.45, 2.75) is 36.9 Å². The van der Waals surface area contributed by atoms with Crippen LogP contribution >= 0.6 is 0 Å². The number of nitrogens with zero attached hydrogens (tertiary/aromatic N) is 1. The summed E-state index contributed by atoms with van der Waals surface area (Å²) in [6.45, 7) is 3.11. The van der Waals surface area contributed by atoms with E-state index in [1.165, 1.54) is 6.20 Å². The highest BCUT2D eigenvalue weighted by molar-refractivity contribution is 7.89. The summed E-state index contributed by atoms with van der Waals surface area (Å²) < 4.78 is 38.5. The topological polar surface area (TPSA) is 93.3 Å². The molecule has 1 aromatic heterocycles. The van der Waals surface area contributed by atoms with Crippen LogP contribution < -0.4 is 4.72 Å². The zero-order chi connectivity index (χ0) is 15.0. The molecule has 21 heavy (non-hydrogen) atoms. The van der Waals surface area contributed by atoms with Crippen LogP contribution in [0.25, 0.3) is 0 Å². The molecule has 0 amide bonds. The Morgan fingerprint density at radius 2 is 2.38 bits per heavy atom. The molecule has 118 valence electrons. The highest BCUT2D eigenvalue weighted by atomic mass is 32.2. The number of methoxy groups -OCH3 is 1. The minimum absolute atomic E-state index is 0.0749. The minimum Gasteiger partial charge on any atom is -0.384 e. The van der Waals surface area contributed by atoms with Crippen molar-refractivity contribution < 1.29 is 17.9 Å². The molecule has 2 fully saturated rings. The molecule has 1 saturated heterocycles. The maximum absolute atomic E-state index is 12.4. The Balaban J connectivity index is 1.75. The lowest BCUT2D eigenvalue weighted by molar-refractivity contribution is -0.0775. The second kappa shape index (κ2) is 5.68. The van der Waals surface area contributed by atoms with Crippen LogP contribution in [0.15, 0.2) is 11.2 Å². The van der Waals surface area contributed by atoms with Gasteiger partial charge in [0.1, 0.15) is 5.82 Å². The number of ether oxygens (including phenoxy) is 2. The Labute approximate surface area is 124 Å². The van der Waals surface area contributed by atoms with Crippen LogP contribution in [0, 0.1) is 11.8 Å². The van der Waals surface area contributed by atoms with Crippen LogP contribution in [0.4, 0.5) is 0 Å². The van der Waals surface area contributed by atoms with Gasteiger partial charge in [-0.2, -0.15) is 0 Å². The normalized spacial score (nSPS) is 31.9. The van der Waals surface area contributed by atoms with Crippen molar-refractivity contribution >= 4 is 10.0 Å². The zero-order valence-electron chi connectivity index (χ0n) is 12.2. The lowest BCUT2D eigenvalue weighted by Gasteiger charge is -2.47. The molecule has 0 aromatic carbocycles. The first kappa shape index (κ1) is 15.0. The molecule has 2 heterocycles. The van der Waals surface area contributed by atoms with E-state index in [4.69, 9.17) is 9.47 Å². The molecule has 0 radical (unpaired) electrons. The summed E-state index contributed by atoms with van der Waals surface area (Å²) in [7, 11) is -1.96. The van der Waals surface area contributed by atoms with Crippen molar-refractivity contribution in [1.82, 2.24) is 14.7 Å². The Hall–Kier alpha value is -0.960. The van der Waals surface area contributed by atoms with E-state index in [0.717, 1.165) is 6.42 Å². The first-order valence-electron chi connectivity index (χ1n) is 7.23. The predicted octanol–water partition coefficient (Wildman–Crippen LogP) is 0.300. The first-order valence-corrected chi connectivity index (χ1v) is 8.72. The number of aromatic nitrogens is 2. The monoisotopic (exact) mass is 315 g/mol. The molecule has 4 atom stereocenters. The highest BCUT2D eigenvalue weighted by Crippen LogP contribution is 2.44. The van der Waals surface area contributed by atoms with E-state index in [2.05, 4.69) is 14.7 Å². The fourth-order valence-electron chi connectivity index (χ4n) is 3.30. The van der Waals surface area contributed by atoms with Crippen molar-refractivity contribution in [3.8, 4) is 0 Å². The van der Waals surface area contributed by atoms with E-state index in [9.17, 15) is 8.42 Å². The van der Waals surface area contributed by atoms with Crippen molar-refractivity contribution in [2.24, 2.45) is 11.8 Å². The van der Waals surface area contributed by atoms with E-state index in [1.807, 2.05) is 6.92 Å². The number of aryl methyl sites for hydroxylation is 1. The van der Waals surface area contributed by atoms with Gasteiger partial charge in [0.15, 0.2) is 5.03 Å². The molecule has 1 aromatic rings. The number of aromatic amines is 1. The third kappa shape index (κ3) is 2.61. The van der Waals surface area contributed by atoms with Gasteiger partial charge in [0.25, 0.3) is 10.0 Å². The molecule has 7 nitrogen and oxygen atoms in total. The van der Waals surface area contributed by atoms with E-state index in [1.54, 1.807) is 7.11 Å². The number of imidazole rings is 1. The zero-order valence-corrected chi connectivity index (χ0v) is 13.0. The molecular formula is C13H21N3O4S. The quantitative estimate of drug-likeness (QED) is 0.787. The average Bonchev–Trinajstić information content (AvgIpc) is 3.09. The van der Waals surface area contributed by atoms with Gasteiger partial charge in [0.05, 0.1) is 18.9 Å². The maximum Gasteiger partial charge on any atom is 0.257 e. The number of nitrogens with one attached hydrogen (secondary N) is 2. The van der Waals surface area contributed by atoms with Crippen LogP contribution in [0.5, 0.6) is 0 Å². The lowest BCUT2D eigenvalue weighted by Crippen LogP contribution is -2.62. The van der Waals surface area contributed by atoms with E-state index < -0.39 is 10.0 Å². The Kier molecular flexibility index (Phi) is 4.04. The molecule has 1 aliphatic heterocycles. The molecular weight excluding hydrogens is 294 g/mol. The standard InChI is InChI=1S/C13H21N3O4S/c1-3-10-14-6-11(15-10)21(17,18)16-12-8-4-5-20-13(8)9(12)7-19-2/h6,8-9,12-13,16H,3-5,7H2,1-2H3,(H,14,15)/t8-,9+,12-,13-/m0/s1. The Bertz CT molecular complexity index is 600. The van der Waals surface area contributed by atoms with E-state index >= 15 is 0 Å². The third-order valence-electron chi connectivity index (χ3n) is 4.41. The van der Waals surface area contributed by atoms with E-state index in [0.29, 0.717) is 25.5 Å². The average molecular weight is 315 g/mol. The Morgan fingerprint density at radius 1 is 1.57 bits per heavy atom. The predicted molar refractivity (Wildman–Crippen MR) is 75.3 cm³/mol. The van der Waals surface area contributed by atoms with Gasteiger partial charge in [0.2, 0.25) is 0 Å². The molecule has 2 aliphatic rings. The number of H-pyrrole nitrogens is 1. The van der Waals surface area contributed by atoms with Crippen LogP contribution in [0.1, 0.15) is 19.2 Å². The second-order valence-corrected chi connectivity index (χ2v) is 7.28. The SMILES string of the molecule is CCc1ncc(S(=O)(=O)N[C@@H]2[C@@H](COC)[C@H]3OCC[C@@H]23)[nH]1. The van der Waals surface area contributed by atoms with Crippen LogP contribution in [0.3, 0.4) is 0 Å². The molecule has 0 unspecified atom stereocenters. The number of sulfonamides is 1. The van der Waals surface area contributed by atoms with Gasteiger partial charge in [0, 0.05) is 38.0 Å². The number of hydrogen-bond donors (Lipinski definition) is 2. The molecule has 1 aliphatic carbocycles. The van der Waals surface area contributed by atoms with Crippen molar-refractivity contribution in [2.75, 3.05) is 20.3 Å². The molecule has 8 heteroatoms. The summed E-state index contributed by atoms with van der Waals surface area (Å²) in [5.74, 6) is 0.985. The van der Waals surface area contributed by atoms with Gasteiger partial charge in [-0.05, 0) is 6.42 Å². The first-order chi connectivity index (χ1) is 10.1. The summed E-state index contributed by atoms with van der Waals surface area (Å²) in [5.41, 5.74) is 0. The van der Waals surface area contributed by atoms with E-state index in [-0.39, 0.29) is 29.0 Å². The molecule has 1 saturated carbocycles. The molecule has 0 bridgehead atoms. The molecule has 2 N–H and O–H groups in total. The second-order valence-electron chi connectivity index (χ2n) is 5.60. The summed E-state index contributed by atoms with van der Waals surface area (Å²) >= 11 is 0. The Morgan fingerprint density at radius 3 is 3.05 bits per heavy atom. The lowest BCUT2D eigenvalue weighted by atomic mass is 9.68. The van der Waals surface area contributed by atoms with Crippen molar-refractivity contribution in [3.63, 3.8) is 0 Å². The van der Waals surface area contributed by atoms with Crippen LogP contribution in [0.2, 0.25) is 0 Å². The number of rotatable bonds is 6. The van der Waals surface area contributed by atoms with Gasteiger partial charge in [-0.15, -0.1) is 0 Å². The largest absolute Gasteiger partial charge is 0.384 e. The van der Waals surface area contributed by atoms with Crippen LogP contribution in [-0.4, -0.2) is 50.9 Å². The smallest absolute Gasteiger partial charge is 0.257 e. The fourth-order valence-corrected chi connectivity index (χ4v) is 4.58. The minimum atomic E-state index is -3.58. The summed E-state index contributed by atoms with van der Waals surface area (Å²) in [6.07, 6.45) is 3.05. The summed E-state index contributed by atoms with van der Waals surface area (Å²) in [6, 6.07) is -0.129. The number of fused-ring (bicyclic) bond motifs is 1.